The number of guanidine groups is 1. The number of hydrogen-bond acceptors (Lipinski definition) is 3. The fraction of sp³-hybridized carbons (Fsp3) is 0.650. The molecule has 0 amide bonds. The second kappa shape index (κ2) is 9.00. The Hall–Kier alpha value is -1.40. The van der Waals surface area contributed by atoms with E-state index < -0.39 is 10.8 Å². The Morgan fingerprint density at radius 1 is 1.38 bits per heavy atom. The molecule has 5 nitrogen and oxygen atoms in total. The van der Waals surface area contributed by atoms with Crippen molar-refractivity contribution in [2.24, 2.45) is 4.99 Å². The van der Waals surface area contributed by atoms with Crippen molar-refractivity contribution in [1.82, 2.24) is 10.2 Å². The summed E-state index contributed by atoms with van der Waals surface area (Å²) in [6.45, 7) is 13.2. The summed E-state index contributed by atoms with van der Waals surface area (Å²) in [4.78, 5) is 6.64. The van der Waals surface area contributed by atoms with Crippen LogP contribution >= 0.6 is 0 Å². The molecular formula is C20H33N3O2S. The zero-order valence-corrected chi connectivity index (χ0v) is 17.8. The number of rotatable bonds is 4. The van der Waals surface area contributed by atoms with E-state index in [-0.39, 0.29) is 10.9 Å². The maximum absolute atomic E-state index is 12.2. The van der Waals surface area contributed by atoms with E-state index in [0.29, 0.717) is 18.9 Å². The van der Waals surface area contributed by atoms with Crippen molar-refractivity contribution in [1.29, 1.82) is 0 Å². The number of aliphatic imine (C=N–C) groups is 1. The van der Waals surface area contributed by atoms with Crippen molar-refractivity contribution in [3.8, 4) is 0 Å². The molecule has 1 aromatic carbocycles. The van der Waals surface area contributed by atoms with E-state index in [9.17, 15) is 4.21 Å². The van der Waals surface area contributed by atoms with Crippen LogP contribution in [-0.4, -0.2) is 58.9 Å². The molecule has 0 saturated carbocycles. The second-order valence-electron chi connectivity index (χ2n) is 7.80. The maximum atomic E-state index is 12.2. The molecule has 1 saturated heterocycles. The number of aryl methyl sites for hydroxylation is 2. The third-order valence-corrected chi connectivity index (χ3v) is 6.54. The van der Waals surface area contributed by atoms with Crippen molar-refractivity contribution < 1.29 is 8.95 Å². The fourth-order valence-corrected chi connectivity index (χ4v) is 4.01. The lowest BCUT2D eigenvalue weighted by atomic mass is 10.00. The Morgan fingerprint density at radius 3 is 2.73 bits per heavy atom. The van der Waals surface area contributed by atoms with E-state index in [0.717, 1.165) is 19.0 Å². The first-order valence-electron chi connectivity index (χ1n) is 9.25. The van der Waals surface area contributed by atoms with Gasteiger partial charge in [-0.2, -0.15) is 0 Å². The molecule has 2 unspecified atom stereocenters. The molecule has 1 aliphatic rings. The largest absolute Gasteiger partial charge is 0.370 e. The maximum Gasteiger partial charge on any atom is 0.193 e. The molecule has 0 radical (unpaired) electrons. The summed E-state index contributed by atoms with van der Waals surface area (Å²) >= 11 is 0. The van der Waals surface area contributed by atoms with Crippen LogP contribution in [0.3, 0.4) is 0 Å². The Balaban J connectivity index is 1.97. The normalized spacial score (nSPS) is 20.2. The van der Waals surface area contributed by atoms with Crippen molar-refractivity contribution in [2.75, 3.05) is 39.0 Å². The molecule has 0 spiro atoms. The summed E-state index contributed by atoms with van der Waals surface area (Å²) in [7, 11) is 0.933. The van der Waals surface area contributed by atoms with E-state index in [2.05, 4.69) is 47.3 Å². The van der Waals surface area contributed by atoms with Gasteiger partial charge >= 0.3 is 0 Å². The number of morpholine rings is 1. The van der Waals surface area contributed by atoms with Gasteiger partial charge in [0, 0.05) is 41.4 Å². The first kappa shape index (κ1) is 20.9. The number of hydrogen-bond donors (Lipinski definition) is 1. The number of benzene rings is 1. The van der Waals surface area contributed by atoms with Crippen LogP contribution < -0.4 is 5.32 Å². The first-order chi connectivity index (χ1) is 12.2. The quantitative estimate of drug-likeness (QED) is 0.646. The lowest BCUT2D eigenvalue weighted by Gasteiger charge is -2.36. The highest BCUT2D eigenvalue weighted by molar-refractivity contribution is 7.86. The molecule has 0 aromatic heterocycles. The van der Waals surface area contributed by atoms with Crippen molar-refractivity contribution in [3.63, 3.8) is 0 Å². The Morgan fingerprint density at radius 2 is 2.12 bits per heavy atom. The number of ether oxygens (including phenoxy) is 1. The van der Waals surface area contributed by atoms with Crippen LogP contribution in [0.4, 0.5) is 0 Å². The molecule has 1 aromatic rings. The van der Waals surface area contributed by atoms with Crippen LogP contribution in [0.5, 0.6) is 0 Å². The van der Waals surface area contributed by atoms with Crippen molar-refractivity contribution in [2.45, 2.75) is 45.5 Å². The van der Waals surface area contributed by atoms with E-state index in [1.165, 1.54) is 16.7 Å². The molecule has 146 valence electrons. The van der Waals surface area contributed by atoms with E-state index in [1.54, 1.807) is 7.05 Å². The lowest BCUT2D eigenvalue weighted by Crippen LogP contribution is -2.49. The van der Waals surface area contributed by atoms with Gasteiger partial charge in [0.15, 0.2) is 5.96 Å². The van der Waals surface area contributed by atoms with Crippen LogP contribution in [0, 0.1) is 13.8 Å². The summed E-state index contributed by atoms with van der Waals surface area (Å²) in [6, 6.07) is 6.51. The molecule has 2 rings (SSSR count). The molecule has 1 fully saturated rings. The van der Waals surface area contributed by atoms with Gasteiger partial charge in [-0.3, -0.25) is 9.20 Å². The molecule has 1 N–H and O–H groups in total. The van der Waals surface area contributed by atoms with Gasteiger partial charge in [-0.15, -0.1) is 0 Å². The molecule has 6 heteroatoms. The summed E-state index contributed by atoms with van der Waals surface area (Å²) in [5, 5.41) is 3.37. The van der Waals surface area contributed by atoms with Crippen LogP contribution in [0.2, 0.25) is 0 Å². The van der Waals surface area contributed by atoms with Gasteiger partial charge in [0.05, 0.1) is 13.2 Å². The molecular weight excluding hydrogens is 346 g/mol. The number of nitrogens with one attached hydrogen (secondary N) is 1. The summed E-state index contributed by atoms with van der Waals surface area (Å²) in [6.07, 6.45) is 0.0478. The lowest BCUT2D eigenvalue weighted by molar-refractivity contribution is -0.00827. The Kier molecular flexibility index (Phi) is 7.24. The van der Waals surface area contributed by atoms with Gasteiger partial charge in [0.1, 0.15) is 6.10 Å². The first-order valence-corrected chi connectivity index (χ1v) is 10.6. The van der Waals surface area contributed by atoms with Gasteiger partial charge in [0.2, 0.25) is 0 Å². The zero-order chi connectivity index (χ0) is 19.3. The van der Waals surface area contributed by atoms with Gasteiger partial charge in [0.25, 0.3) is 0 Å². The van der Waals surface area contributed by atoms with Crippen molar-refractivity contribution >= 4 is 16.8 Å². The summed E-state index contributed by atoms with van der Waals surface area (Å²) < 4.78 is 18.1. The fourth-order valence-electron chi connectivity index (χ4n) is 3.11. The minimum absolute atomic E-state index is 0.0478. The molecule has 1 aliphatic heterocycles. The third-order valence-electron chi connectivity index (χ3n) is 4.60. The third kappa shape index (κ3) is 5.55. The SMILES string of the molecule is CN=C(NCCS(=O)C(C)(C)C)N1CCOC(c2ccc(C)cc2C)C1. The van der Waals surface area contributed by atoms with Crippen LogP contribution in [0.1, 0.15) is 43.6 Å². The highest BCUT2D eigenvalue weighted by Gasteiger charge is 2.25. The van der Waals surface area contributed by atoms with Gasteiger partial charge in [-0.25, -0.2) is 0 Å². The van der Waals surface area contributed by atoms with Gasteiger partial charge < -0.3 is 15.0 Å². The van der Waals surface area contributed by atoms with E-state index >= 15 is 0 Å². The smallest absolute Gasteiger partial charge is 0.193 e. The van der Waals surface area contributed by atoms with Crippen LogP contribution in [-0.2, 0) is 15.5 Å². The van der Waals surface area contributed by atoms with Gasteiger partial charge in [-0.1, -0.05) is 23.8 Å². The van der Waals surface area contributed by atoms with Gasteiger partial charge in [-0.05, 0) is 45.7 Å². The minimum atomic E-state index is -0.863. The zero-order valence-electron chi connectivity index (χ0n) is 17.0. The molecule has 26 heavy (non-hydrogen) atoms. The molecule has 0 aliphatic carbocycles. The van der Waals surface area contributed by atoms with Crippen LogP contribution in [0.15, 0.2) is 23.2 Å². The van der Waals surface area contributed by atoms with E-state index in [4.69, 9.17) is 4.74 Å². The summed E-state index contributed by atoms with van der Waals surface area (Å²) in [5.74, 6) is 1.47. The van der Waals surface area contributed by atoms with E-state index in [1.807, 2.05) is 20.8 Å². The minimum Gasteiger partial charge on any atom is -0.370 e. The second-order valence-corrected chi connectivity index (χ2v) is 10.1. The standard InChI is InChI=1S/C20H33N3O2S/c1-15-7-8-17(16(2)13-15)18-14-23(10-11-25-18)19(21-6)22-9-12-26(24)20(3,4)5/h7-8,13,18H,9-12,14H2,1-6H3,(H,21,22). The predicted molar refractivity (Wildman–Crippen MR) is 110 cm³/mol. The Labute approximate surface area is 160 Å². The van der Waals surface area contributed by atoms with Crippen molar-refractivity contribution in [3.05, 3.63) is 34.9 Å². The molecule has 1 heterocycles. The summed E-state index contributed by atoms with van der Waals surface area (Å²) in [5.41, 5.74) is 3.77. The highest BCUT2D eigenvalue weighted by Crippen LogP contribution is 2.25. The van der Waals surface area contributed by atoms with Crippen LogP contribution in [0.25, 0.3) is 0 Å². The monoisotopic (exact) mass is 379 g/mol. The average Bonchev–Trinajstić information content (AvgIpc) is 2.58. The predicted octanol–water partition coefficient (Wildman–Crippen LogP) is 2.80. The topological polar surface area (TPSA) is 53.9 Å². The molecule has 2 atom stereocenters. The molecule has 0 bridgehead atoms. The average molecular weight is 380 g/mol. The Bertz CT molecular complexity index is 668. The highest BCUT2D eigenvalue weighted by atomic mass is 32.2. The number of nitrogens with zero attached hydrogens (tertiary/aromatic N) is 2.